The Balaban J connectivity index is 2.21. The smallest absolute Gasteiger partial charge is 0.407 e. The van der Waals surface area contributed by atoms with E-state index in [4.69, 9.17) is 4.74 Å². The van der Waals surface area contributed by atoms with Gasteiger partial charge in [-0.2, -0.15) is 11.8 Å². The monoisotopic (exact) mass is 221 g/mol. The molecule has 3 nitrogen and oxygen atoms in total. The summed E-state index contributed by atoms with van der Waals surface area (Å²) in [4.78, 5) is 11.1. The van der Waals surface area contributed by atoms with Crippen molar-refractivity contribution in [3.05, 3.63) is 0 Å². The van der Waals surface area contributed by atoms with E-state index < -0.39 is 17.4 Å². The van der Waals surface area contributed by atoms with Crippen molar-refractivity contribution in [3.8, 4) is 0 Å². The molecule has 14 heavy (non-hydrogen) atoms. The molecule has 1 heterocycles. The molecule has 0 aromatic heterocycles. The average Bonchev–Trinajstić information content (AvgIpc) is 1.94. The van der Waals surface area contributed by atoms with Crippen LogP contribution in [-0.2, 0) is 4.74 Å². The fourth-order valence-electron chi connectivity index (χ4n) is 0.970. The van der Waals surface area contributed by atoms with Crippen LogP contribution in [0.3, 0.4) is 0 Å². The third-order valence-electron chi connectivity index (χ3n) is 1.67. The minimum Gasteiger partial charge on any atom is -0.444 e. The van der Waals surface area contributed by atoms with Crippen LogP contribution >= 0.6 is 11.8 Å². The van der Waals surface area contributed by atoms with E-state index in [2.05, 4.69) is 5.32 Å². The first-order valence-electron chi connectivity index (χ1n) is 4.54. The Morgan fingerprint density at radius 3 is 2.50 bits per heavy atom. The molecule has 1 rings (SSSR count). The van der Waals surface area contributed by atoms with Gasteiger partial charge in [0.1, 0.15) is 11.3 Å². The molecule has 0 radical (unpaired) electrons. The van der Waals surface area contributed by atoms with Gasteiger partial charge in [0.25, 0.3) is 0 Å². The number of alkyl carbamates (subject to hydrolysis) is 1. The second-order valence-corrected chi connectivity index (χ2v) is 5.48. The number of nitrogens with one attached hydrogen (secondary N) is 1. The normalized spacial score (nSPS) is 19.7. The molecule has 0 saturated carbocycles. The Morgan fingerprint density at radius 1 is 1.57 bits per heavy atom. The van der Waals surface area contributed by atoms with E-state index >= 15 is 0 Å². The number of carbonyl (C=O) groups is 1. The highest BCUT2D eigenvalue weighted by atomic mass is 32.2. The van der Waals surface area contributed by atoms with Crippen molar-refractivity contribution in [2.45, 2.75) is 32.0 Å². The highest BCUT2D eigenvalue weighted by Crippen LogP contribution is 2.32. The molecule has 0 unspecified atom stereocenters. The molecule has 1 fully saturated rings. The van der Waals surface area contributed by atoms with Gasteiger partial charge in [-0.15, -0.1) is 0 Å². The predicted molar refractivity (Wildman–Crippen MR) is 55.4 cm³/mol. The summed E-state index contributed by atoms with van der Waals surface area (Å²) < 4.78 is 18.4. The van der Waals surface area contributed by atoms with Crippen molar-refractivity contribution in [1.29, 1.82) is 0 Å². The SMILES string of the molecule is CC(C)(C)OC(=O)NCC1(F)CSC1. The minimum atomic E-state index is -1.22. The number of rotatable bonds is 2. The third-order valence-corrected chi connectivity index (χ3v) is 3.11. The van der Waals surface area contributed by atoms with Crippen molar-refractivity contribution in [2.24, 2.45) is 0 Å². The zero-order chi connectivity index (χ0) is 10.8. The molecule has 0 aromatic carbocycles. The van der Waals surface area contributed by atoms with Gasteiger partial charge >= 0.3 is 6.09 Å². The van der Waals surface area contributed by atoms with Crippen molar-refractivity contribution < 1.29 is 13.9 Å². The summed E-state index contributed by atoms with van der Waals surface area (Å²) in [5.74, 6) is 0.922. The predicted octanol–water partition coefficient (Wildman–Crippen LogP) is 1.97. The first kappa shape index (κ1) is 11.6. The lowest BCUT2D eigenvalue weighted by Crippen LogP contribution is -2.49. The van der Waals surface area contributed by atoms with Crippen molar-refractivity contribution in [1.82, 2.24) is 5.32 Å². The number of hydrogen-bond acceptors (Lipinski definition) is 3. The molecule has 1 aliphatic heterocycles. The summed E-state index contributed by atoms with van der Waals surface area (Å²) in [6.45, 7) is 5.37. The molecule has 1 aliphatic rings. The van der Waals surface area contributed by atoms with Crippen molar-refractivity contribution >= 4 is 17.9 Å². The number of ether oxygens (including phenoxy) is 1. The lowest BCUT2D eigenvalue weighted by molar-refractivity contribution is 0.0492. The number of thioether (sulfide) groups is 1. The maximum absolute atomic E-state index is 13.4. The average molecular weight is 221 g/mol. The highest BCUT2D eigenvalue weighted by molar-refractivity contribution is 8.00. The van der Waals surface area contributed by atoms with E-state index in [0.717, 1.165) is 0 Å². The molecule has 5 heteroatoms. The summed E-state index contributed by atoms with van der Waals surface area (Å²) >= 11 is 1.54. The lowest BCUT2D eigenvalue weighted by atomic mass is 10.1. The van der Waals surface area contributed by atoms with E-state index in [1.54, 1.807) is 32.5 Å². The van der Waals surface area contributed by atoms with E-state index in [-0.39, 0.29) is 6.54 Å². The molecule has 0 aliphatic carbocycles. The second-order valence-electron chi connectivity index (χ2n) is 4.50. The third kappa shape index (κ3) is 3.74. The van der Waals surface area contributed by atoms with Crippen molar-refractivity contribution in [2.75, 3.05) is 18.1 Å². The summed E-state index contributed by atoms with van der Waals surface area (Å²) in [6, 6.07) is 0. The Bertz CT molecular complexity index is 223. The molecular weight excluding hydrogens is 205 g/mol. The molecule has 1 N–H and O–H groups in total. The van der Waals surface area contributed by atoms with Gasteiger partial charge in [0.05, 0.1) is 6.54 Å². The first-order chi connectivity index (χ1) is 6.31. The quantitative estimate of drug-likeness (QED) is 0.774. The van der Waals surface area contributed by atoms with Gasteiger partial charge in [-0.05, 0) is 20.8 Å². The van der Waals surface area contributed by atoms with Gasteiger partial charge in [0.2, 0.25) is 0 Å². The maximum atomic E-state index is 13.4. The number of alkyl halides is 1. The fraction of sp³-hybridized carbons (Fsp3) is 0.889. The number of amides is 1. The molecule has 0 spiro atoms. The zero-order valence-corrected chi connectivity index (χ0v) is 9.54. The van der Waals surface area contributed by atoms with Gasteiger partial charge in [-0.3, -0.25) is 0 Å². The fourth-order valence-corrected chi connectivity index (χ4v) is 1.82. The van der Waals surface area contributed by atoms with Crippen LogP contribution in [0.2, 0.25) is 0 Å². The van der Waals surface area contributed by atoms with Crippen LogP contribution in [-0.4, -0.2) is 35.4 Å². The van der Waals surface area contributed by atoms with Crippen LogP contribution in [0.25, 0.3) is 0 Å². The van der Waals surface area contributed by atoms with Gasteiger partial charge in [0, 0.05) is 11.5 Å². The summed E-state index contributed by atoms with van der Waals surface area (Å²) in [7, 11) is 0. The molecule has 0 atom stereocenters. The topological polar surface area (TPSA) is 38.3 Å². The van der Waals surface area contributed by atoms with E-state index in [9.17, 15) is 9.18 Å². The highest BCUT2D eigenvalue weighted by Gasteiger charge is 2.38. The van der Waals surface area contributed by atoms with Crippen LogP contribution in [0.4, 0.5) is 9.18 Å². The summed E-state index contributed by atoms with van der Waals surface area (Å²) in [6.07, 6.45) is -0.550. The van der Waals surface area contributed by atoms with Gasteiger partial charge in [-0.1, -0.05) is 0 Å². The van der Waals surface area contributed by atoms with Crippen LogP contribution < -0.4 is 5.32 Å². The van der Waals surface area contributed by atoms with Crippen LogP contribution in [0.15, 0.2) is 0 Å². The number of hydrogen-bond donors (Lipinski definition) is 1. The van der Waals surface area contributed by atoms with Gasteiger partial charge in [0.15, 0.2) is 0 Å². The zero-order valence-electron chi connectivity index (χ0n) is 8.72. The summed E-state index contributed by atoms with van der Waals surface area (Å²) in [5, 5.41) is 2.43. The second kappa shape index (κ2) is 3.96. The molecule has 1 saturated heterocycles. The van der Waals surface area contributed by atoms with E-state index in [1.807, 2.05) is 0 Å². The van der Waals surface area contributed by atoms with Gasteiger partial charge in [-0.25, -0.2) is 9.18 Å². The van der Waals surface area contributed by atoms with Crippen molar-refractivity contribution in [3.63, 3.8) is 0 Å². The first-order valence-corrected chi connectivity index (χ1v) is 5.70. The maximum Gasteiger partial charge on any atom is 0.407 e. The van der Waals surface area contributed by atoms with E-state index in [0.29, 0.717) is 11.5 Å². The molecular formula is C9H16FNO2S. The molecule has 0 bridgehead atoms. The Labute approximate surface area is 87.8 Å². The molecule has 0 aromatic rings. The standard InChI is InChI=1S/C9H16FNO2S/c1-8(2,3)13-7(12)11-4-9(10)5-14-6-9/h4-6H2,1-3H3,(H,11,12). The van der Waals surface area contributed by atoms with Crippen LogP contribution in [0.5, 0.6) is 0 Å². The Morgan fingerprint density at radius 2 is 2.14 bits per heavy atom. The molecule has 82 valence electrons. The minimum absolute atomic E-state index is 0.0505. The number of halogens is 1. The summed E-state index contributed by atoms with van der Waals surface area (Å²) in [5.41, 5.74) is -1.75. The van der Waals surface area contributed by atoms with Crippen LogP contribution in [0, 0.1) is 0 Å². The largest absolute Gasteiger partial charge is 0.444 e. The lowest BCUT2D eigenvalue weighted by Gasteiger charge is -2.33. The van der Waals surface area contributed by atoms with Gasteiger partial charge < -0.3 is 10.1 Å². The van der Waals surface area contributed by atoms with E-state index in [1.165, 1.54) is 0 Å². The van der Waals surface area contributed by atoms with Crippen LogP contribution in [0.1, 0.15) is 20.8 Å². The Hall–Kier alpha value is -0.450. The molecule has 1 amide bonds. The number of carbonyl (C=O) groups excluding carboxylic acids is 1. The Kier molecular flexibility index (Phi) is 3.29.